The van der Waals surface area contributed by atoms with Gasteiger partial charge in [-0.05, 0) is 38.0 Å². The number of alkyl halides is 1. The summed E-state index contributed by atoms with van der Waals surface area (Å²) in [6.45, 7) is 6.19. The van der Waals surface area contributed by atoms with Gasteiger partial charge in [-0.15, -0.1) is 22.9 Å². The molecule has 2 aromatic rings. The zero-order valence-corrected chi connectivity index (χ0v) is 12.4. The van der Waals surface area contributed by atoms with Crippen molar-refractivity contribution in [1.82, 2.24) is 0 Å². The predicted molar refractivity (Wildman–Crippen MR) is 77.7 cm³/mol. The fourth-order valence-electron chi connectivity index (χ4n) is 1.93. The Kier molecular flexibility index (Phi) is 3.82. The quantitative estimate of drug-likeness (QED) is 0.625. The van der Waals surface area contributed by atoms with Crippen LogP contribution in [0.5, 0.6) is 0 Å². The van der Waals surface area contributed by atoms with Gasteiger partial charge in [0.25, 0.3) is 0 Å². The Labute approximate surface area is 116 Å². The molecule has 0 fully saturated rings. The number of hydrogen-bond donors (Lipinski definition) is 0. The molecule has 0 radical (unpaired) electrons. The van der Waals surface area contributed by atoms with Crippen LogP contribution in [-0.2, 0) is 0 Å². The Morgan fingerprint density at radius 2 is 1.59 bits per heavy atom. The van der Waals surface area contributed by atoms with Crippen molar-refractivity contribution in [2.24, 2.45) is 0 Å². The lowest BCUT2D eigenvalue weighted by Crippen LogP contribution is -1.92. The summed E-state index contributed by atoms with van der Waals surface area (Å²) in [6, 6.07) is 8.49. The lowest BCUT2D eigenvalue weighted by Gasteiger charge is -2.10. The summed E-state index contributed by atoms with van der Waals surface area (Å²) < 4.78 is 0.829. The maximum atomic E-state index is 6.51. The standard InChI is InChI=1S/C14H14Cl2S/c1-8-4-9(2)6-11(5-8)13(15)12-7-10(3)14(16)17-12/h4-7,13H,1-3H3. The van der Waals surface area contributed by atoms with Crippen molar-refractivity contribution in [3.8, 4) is 0 Å². The minimum atomic E-state index is -0.107. The van der Waals surface area contributed by atoms with Gasteiger partial charge in [-0.1, -0.05) is 40.9 Å². The maximum absolute atomic E-state index is 6.51. The van der Waals surface area contributed by atoms with Crippen molar-refractivity contribution in [3.05, 3.63) is 55.7 Å². The van der Waals surface area contributed by atoms with Crippen molar-refractivity contribution in [3.63, 3.8) is 0 Å². The average Bonchev–Trinajstić information content (AvgIpc) is 2.57. The van der Waals surface area contributed by atoms with Crippen LogP contribution in [0.15, 0.2) is 24.3 Å². The van der Waals surface area contributed by atoms with E-state index in [1.54, 1.807) is 11.3 Å². The minimum absolute atomic E-state index is 0.107. The van der Waals surface area contributed by atoms with Gasteiger partial charge in [0.15, 0.2) is 0 Å². The molecule has 1 aromatic carbocycles. The molecule has 1 unspecified atom stereocenters. The molecule has 0 nitrogen and oxygen atoms in total. The van der Waals surface area contributed by atoms with Crippen LogP contribution in [0, 0.1) is 20.8 Å². The summed E-state index contributed by atoms with van der Waals surface area (Å²) in [7, 11) is 0. The highest BCUT2D eigenvalue weighted by Gasteiger charge is 2.15. The van der Waals surface area contributed by atoms with Gasteiger partial charge in [0, 0.05) is 4.88 Å². The summed E-state index contributed by atoms with van der Waals surface area (Å²) in [5.74, 6) is 0. The molecule has 0 aliphatic carbocycles. The van der Waals surface area contributed by atoms with Crippen molar-refractivity contribution >= 4 is 34.5 Å². The van der Waals surface area contributed by atoms with Crippen LogP contribution in [0.25, 0.3) is 0 Å². The summed E-state index contributed by atoms with van der Waals surface area (Å²) >= 11 is 14.2. The van der Waals surface area contributed by atoms with E-state index in [9.17, 15) is 0 Å². The van der Waals surface area contributed by atoms with Crippen LogP contribution >= 0.6 is 34.5 Å². The highest BCUT2D eigenvalue weighted by molar-refractivity contribution is 7.16. The van der Waals surface area contributed by atoms with Gasteiger partial charge >= 0.3 is 0 Å². The Morgan fingerprint density at radius 1 is 1.00 bits per heavy atom. The molecular formula is C14H14Cl2S. The maximum Gasteiger partial charge on any atom is 0.0960 e. The first-order valence-electron chi connectivity index (χ1n) is 5.45. The first kappa shape index (κ1) is 12.9. The van der Waals surface area contributed by atoms with Crippen molar-refractivity contribution in [2.45, 2.75) is 26.1 Å². The van der Waals surface area contributed by atoms with Crippen LogP contribution in [0.3, 0.4) is 0 Å². The number of rotatable bonds is 2. The lowest BCUT2D eigenvalue weighted by molar-refractivity contribution is 1.16. The van der Waals surface area contributed by atoms with Crippen LogP contribution in [0.2, 0.25) is 4.34 Å². The van der Waals surface area contributed by atoms with E-state index in [0.717, 1.165) is 20.3 Å². The van der Waals surface area contributed by atoms with Crippen LogP contribution < -0.4 is 0 Å². The van der Waals surface area contributed by atoms with Crippen molar-refractivity contribution in [1.29, 1.82) is 0 Å². The lowest BCUT2D eigenvalue weighted by atomic mass is 10.0. The topological polar surface area (TPSA) is 0 Å². The Balaban J connectivity index is 2.39. The minimum Gasteiger partial charge on any atom is -0.126 e. The first-order valence-corrected chi connectivity index (χ1v) is 7.08. The SMILES string of the molecule is Cc1cc(C)cc(C(Cl)c2cc(C)c(Cl)s2)c1. The number of aryl methyl sites for hydroxylation is 3. The molecule has 90 valence electrons. The van der Waals surface area contributed by atoms with Crippen LogP contribution in [0.1, 0.15) is 32.5 Å². The molecule has 0 saturated heterocycles. The largest absolute Gasteiger partial charge is 0.126 e. The molecule has 0 spiro atoms. The molecular weight excluding hydrogens is 271 g/mol. The van der Waals surface area contributed by atoms with Crippen LogP contribution in [0.4, 0.5) is 0 Å². The third-order valence-electron chi connectivity index (χ3n) is 2.66. The van der Waals surface area contributed by atoms with Gasteiger partial charge in [-0.25, -0.2) is 0 Å². The van der Waals surface area contributed by atoms with E-state index in [4.69, 9.17) is 23.2 Å². The fraction of sp³-hybridized carbons (Fsp3) is 0.286. The number of benzene rings is 1. The second kappa shape index (κ2) is 5.01. The van der Waals surface area contributed by atoms with E-state index in [1.165, 1.54) is 11.1 Å². The van der Waals surface area contributed by atoms with E-state index >= 15 is 0 Å². The highest BCUT2D eigenvalue weighted by Crippen LogP contribution is 2.38. The second-order valence-electron chi connectivity index (χ2n) is 4.39. The van der Waals surface area contributed by atoms with Crippen molar-refractivity contribution < 1.29 is 0 Å². The van der Waals surface area contributed by atoms with E-state index in [1.807, 2.05) is 6.92 Å². The average molecular weight is 285 g/mol. The number of hydrogen-bond acceptors (Lipinski definition) is 1. The van der Waals surface area contributed by atoms with Gasteiger partial charge in [-0.2, -0.15) is 0 Å². The highest BCUT2D eigenvalue weighted by atomic mass is 35.5. The van der Waals surface area contributed by atoms with Gasteiger partial charge < -0.3 is 0 Å². The Hall–Kier alpha value is -0.500. The molecule has 1 heterocycles. The number of thiophene rings is 1. The summed E-state index contributed by atoms with van der Waals surface area (Å²) in [6.07, 6.45) is 0. The summed E-state index contributed by atoms with van der Waals surface area (Å²) in [5.41, 5.74) is 4.72. The first-order chi connectivity index (χ1) is 7.97. The van der Waals surface area contributed by atoms with Gasteiger partial charge in [0.1, 0.15) is 0 Å². The van der Waals surface area contributed by atoms with Gasteiger partial charge in [-0.3, -0.25) is 0 Å². The Bertz CT molecular complexity index is 503. The molecule has 0 saturated carbocycles. The monoisotopic (exact) mass is 284 g/mol. The molecule has 3 heteroatoms. The van der Waals surface area contributed by atoms with Gasteiger partial charge in [0.05, 0.1) is 9.71 Å². The molecule has 1 aromatic heterocycles. The predicted octanol–water partition coefficient (Wildman–Crippen LogP) is 5.65. The molecule has 0 bridgehead atoms. The number of halogens is 2. The van der Waals surface area contributed by atoms with E-state index in [0.29, 0.717) is 0 Å². The smallest absolute Gasteiger partial charge is 0.0960 e. The normalized spacial score (nSPS) is 12.8. The van der Waals surface area contributed by atoms with Gasteiger partial charge in [0.2, 0.25) is 0 Å². The Morgan fingerprint density at radius 3 is 2.06 bits per heavy atom. The molecule has 17 heavy (non-hydrogen) atoms. The fourth-order valence-corrected chi connectivity index (χ4v) is 3.48. The third kappa shape index (κ3) is 2.85. The third-order valence-corrected chi connectivity index (χ3v) is 4.90. The van der Waals surface area contributed by atoms with E-state index in [2.05, 4.69) is 38.1 Å². The van der Waals surface area contributed by atoms with Crippen LogP contribution in [-0.4, -0.2) is 0 Å². The van der Waals surface area contributed by atoms with E-state index in [-0.39, 0.29) is 5.38 Å². The molecule has 0 aliphatic heterocycles. The molecule has 0 N–H and O–H groups in total. The summed E-state index contributed by atoms with van der Waals surface area (Å²) in [4.78, 5) is 1.11. The second-order valence-corrected chi connectivity index (χ2v) is 6.51. The molecule has 0 amide bonds. The zero-order chi connectivity index (χ0) is 12.6. The van der Waals surface area contributed by atoms with Crippen molar-refractivity contribution in [2.75, 3.05) is 0 Å². The molecule has 1 atom stereocenters. The zero-order valence-electron chi connectivity index (χ0n) is 10.1. The summed E-state index contributed by atoms with van der Waals surface area (Å²) in [5, 5.41) is -0.107. The molecule has 0 aliphatic rings. The molecule has 2 rings (SSSR count). The van der Waals surface area contributed by atoms with E-state index < -0.39 is 0 Å².